The third kappa shape index (κ3) is 2.55. The van der Waals surface area contributed by atoms with Gasteiger partial charge in [0, 0.05) is 18.4 Å². The monoisotopic (exact) mass is 235 g/mol. The standard InChI is InChI=1S/C11H13N3OS/c15-11(3-4-16)12-6-8-1-2-10-9(5-8)7-13-14-10/h1-2,5,7,16H,3-4,6H2,(H,12,15)(H,13,14). The molecule has 0 unspecified atom stereocenters. The maximum atomic E-state index is 11.3. The average Bonchev–Trinajstić information content (AvgIpc) is 2.74. The Morgan fingerprint density at radius 1 is 1.50 bits per heavy atom. The molecule has 2 rings (SSSR count). The molecule has 0 saturated heterocycles. The van der Waals surface area contributed by atoms with Crippen molar-refractivity contribution in [3.63, 3.8) is 0 Å². The summed E-state index contributed by atoms with van der Waals surface area (Å²) in [5.41, 5.74) is 2.08. The summed E-state index contributed by atoms with van der Waals surface area (Å²) < 4.78 is 0. The molecule has 0 spiro atoms. The molecule has 0 aliphatic rings. The summed E-state index contributed by atoms with van der Waals surface area (Å²) in [6.07, 6.45) is 2.23. The first-order valence-electron chi connectivity index (χ1n) is 5.09. The van der Waals surface area contributed by atoms with Crippen molar-refractivity contribution in [1.82, 2.24) is 15.5 Å². The molecule has 0 aliphatic heterocycles. The van der Waals surface area contributed by atoms with E-state index < -0.39 is 0 Å². The van der Waals surface area contributed by atoms with E-state index in [-0.39, 0.29) is 5.91 Å². The summed E-state index contributed by atoms with van der Waals surface area (Å²) >= 11 is 4.01. The van der Waals surface area contributed by atoms with Gasteiger partial charge in [-0.2, -0.15) is 17.7 Å². The van der Waals surface area contributed by atoms with Crippen molar-refractivity contribution >= 4 is 29.4 Å². The number of hydrogen-bond acceptors (Lipinski definition) is 3. The number of nitrogens with one attached hydrogen (secondary N) is 2. The highest BCUT2D eigenvalue weighted by atomic mass is 32.1. The zero-order valence-electron chi connectivity index (χ0n) is 8.73. The number of thiol groups is 1. The number of aromatic amines is 1. The lowest BCUT2D eigenvalue weighted by molar-refractivity contribution is -0.120. The molecule has 0 fully saturated rings. The minimum absolute atomic E-state index is 0.0299. The predicted octanol–water partition coefficient (Wildman–Crippen LogP) is 1.50. The zero-order chi connectivity index (χ0) is 11.4. The van der Waals surface area contributed by atoms with Crippen LogP contribution in [0.5, 0.6) is 0 Å². The lowest BCUT2D eigenvalue weighted by Crippen LogP contribution is -2.22. The molecule has 16 heavy (non-hydrogen) atoms. The van der Waals surface area contributed by atoms with Crippen LogP contribution in [0.25, 0.3) is 10.9 Å². The largest absolute Gasteiger partial charge is 0.352 e. The second-order valence-electron chi connectivity index (χ2n) is 3.54. The number of benzene rings is 1. The van der Waals surface area contributed by atoms with Crippen molar-refractivity contribution in [2.24, 2.45) is 0 Å². The molecule has 5 heteroatoms. The highest BCUT2D eigenvalue weighted by Gasteiger charge is 2.01. The molecule has 0 aliphatic carbocycles. The average molecular weight is 235 g/mol. The van der Waals surface area contributed by atoms with Gasteiger partial charge in [-0.05, 0) is 23.4 Å². The van der Waals surface area contributed by atoms with Gasteiger partial charge in [-0.15, -0.1) is 0 Å². The second kappa shape index (κ2) is 5.03. The van der Waals surface area contributed by atoms with Crippen molar-refractivity contribution < 1.29 is 4.79 Å². The van der Waals surface area contributed by atoms with Gasteiger partial charge in [-0.25, -0.2) is 0 Å². The van der Waals surface area contributed by atoms with Crippen LogP contribution in [0.4, 0.5) is 0 Å². The number of carbonyl (C=O) groups is 1. The van der Waals surface area contributed by atoms with Crippen molar-refractivity contribution in [1.29, 1.82) is 0 Å². The fourth-order valence-corrected chi connectivity index (χ4v) is 1.70. The van der Waals surface area contributed by atoms with Crippen LogP contribution in [0.2, 0.25) is 0 Å². The number of nitrogens with zero attached hydrogens (tertiary/aromatic N) is 1. The molecule has 2 aromatic rings. The maximum Gasteiger partial charge on any atom is 0.221 e. The zero-order valence-corrected chi connectivity index (χ0v) is 9.63. The first-order chi connectivity index (χ1) is 7.79. The Kier molecular flexibility index (Phi) is 3.46. The number of carbonyl (C=O) groups excluding carboxylic acids is 1. The van der Waals surface area contributed by atoms with E-state index in [0.717, 1.165) is 16.5 Å². The molecule has 0 radical (unpaired) electrons. The van der Waals surface area contributed by atoms with Crippen molar-refractivity contribution in [3.8, 4) is 0 Å². The third-order valence-electron chi connectivity index (χ3n) is 2.33. The Hall–Kier alpha value is -1.49. The number of aromatic nitrogens is 2. The van der Waals surface area contributed by atoms with E-state index in [2.05, 4.69) is 28.1 Å². The van der Waals surface area contributed by atoms with E-state index in [9.17, 15) is 4.79 Å². The molecular weight excluding hydrogens is 222 g/mol. The molecular formula is C11H13N3OS. The summed E-state index contributed by atoms with van der Waals surface area (Å²) in [4.78, 5) is 11.3. The normalized spacial score (nSPS) is 10.6. The highest BCUT2D eigenvalue weighted by molar-refractivity contribution is 7.80. The summed E-state index contributed by atoms with van der Waals surface area (Å²) in [5.74, 6) is 0.606. The van der Waals surface area contributed by atoms with Gasteiger partial charge in [0.15, 0.2) is 0 Å². The van der Waals surface area contributed by atoms with Gasteiger partial charge in [0.2, 0.25) is 5.91 Å². The van der Waals surface area contributed by atoms with E-state index in [4.69, 9.17) is 0 Å². The molecule has 84 valence electrons. The van der Waals surface area contributed by atoms with Crippen molar-refractivity contribution in [2.45, 2.75) is 13.0 Å². The molecule has 1 aromatic heterocycles. The smallest absolute Gasteiger partial charge is 0.221 e. The number of H-pyrrole nitrogens is 1. The van der Waals surface area contributed by atoms with E-state index in [1.807, 2.05) is 18.2 Å². The third-order valence-corrected chi connectivity index (χ3v) is 2.56. The van der Waals surface area contributed by atoms with Gasteiger partial charge in [-0.1, -0.05) is 6.07 Å². The molecule has 1 amide bonds. The molecule has 4 nitrogen and oxygen atoms in total. The Labute approximate surface area is 98.8 Å². The van der Waals surface area contributed by atoms with Crippen LogP contribution in [0, 0.1) is 0 Å². The van der Waals surface area contributed by atoms with Gasteiger partial charge < -0.3 is 5.32 Å². The fraction of sp³-hybridized carbons (Fsp3) is 0.273. The second-order valence-corrected chi connectivity index (χ2v) is 3.99. The lowest BCUT2D eigenvalue weighted by atomic mass is 10.1. The van der Waals surface area contributed by atoms with Crippen LogP contribution in [0.1, 0.15) is 12.0 Å². The maximum absolute atomic E-state index is 11.3. The number of amides is 1. The number of rotatable bonds is 4. The minimum Gasteiger partial charge on any atom is -0.352 e. The van der Waals surface area contributed by atoms with Crippen LogP contribution < -0.4 is 5.32 Å². The SMILES string of the molecule is O=C(CCS)NCc1ccc2[nH]ncc2c1. The number of hydrogen-bond donors (Lipinski definition) is 3. The topological polar surface area (TPSA) is 57.8 Å². The van der Waals surface area contributed by atoms with E-state index >= 15 is 0 Å². The Balaban J connectivity index is 2.01. The van der Waals surface area contributed by atoms with Crippen LogP contribution in [0.3, 0.4) is 0 Å². The van der Waals surface area contributed by atoms with Crippen molar-refractivity contribution in [2.75, 3.05) is 5.75 Å². The fourth-order valence-electron chi connectivity index (χ4n) is 1.49. The molecule has 2 N–H and O–H groups in total. The quantitative estimate of drug-likeness (QED) is 0.703. The molecule has 1 aromatic carbocycles. The van der Waals surface area contributed by atoms with E-state index in [1.165, 1.54) is 0 Å². The van der Waals surface area contributed by atoms with Gasteiger partial charge in [-0.3, -0.25) is 9.89 Å². The molecule has 0 atom stereocenters. The minimum atomic E-state index is 0.0299. The van der Waals surface area contributed by atoms with E-state index in [1.54, 1.807) is 6.20 Å². The van der Waals surface area contributed by atoms with Crippen LogP contribution in [-0.2, 0) is 11.3 Å². The summed E-state index contributed by atoms with van der Waals surface area (Å²) in [6, 6.07) is 5.95. The first kappa shape index (κ1) is 11.0. The van der Waals surface area contributed by atoms with Crippen LogP contribution in [0.15, 0.2) is 24.4 Å². The molecule has 1 heterocycles. The Morgan fingerprint density at radius 3 is 3.19 bits per heavy atom. The predicted molar refractivity (Wildman–Crippen MR) is 66.4 cm³/mol. The van der Waals surface area contributed by atoms with Crippen molar-refractivity contribution in [3.05, 3.63) is 30.0 Å². The van der Waals surface area contributed by atoms with Gasteiger partial charge in [0.05, 0.1) is 11.7 Å². The first-order valence-corrected chi connectivity index (χ1v) is 5.72. The summed E-state index contributed by atoms with van der Waals surface area (Å²) in [7, 11) is 0. The highest BCUT2D eigenvalue weighted by Crippen LogP contribution is 2.12. The van der Waals surface area contributed by atoms with Crippen LogP contribution >= 0.6 is 12.6 Å². The molecule has 0 saturated carbocycles. The lowest BCUT2D eigenvalue weighted by Gasteiger charge is -2.04. The van der Waals surface area contributed by atoms with Gasteiger partial charge >= 0.3 is 0 Å². The summed E-state index contributed by atoms with van der Waals surface area (Å²) in [5, 5.41) is 10.7. The Morgan fingerprint density at radius 2 is 2.38 bits per heavy atom. The molecule has 0 bridgehead atoms. The summed E-state index contributed by atoms with van der Waals surface area (Å²) in [6.45, 7) is 0.549. The van der Waals surface area contributed by atoms with Gasteiger partial charge in [0.25, 0.3) is 0 Å². The Bertz CT molecular complexity index is 495. The number of fused-ring (bicyclic) bond motifs is 1. The van der Waals surface area contributed by atoms with Gasteiger partial charge in [0.1, 0.15) is 0 Å². The van der Waals surface area contributed by atoms with Crippen LogP contribution in [-0.4, -0.2) is 21.9 Å². The van der Waals surface area contributed by atoms with E-state index in [0.29, 0.717) is 18.7 Å².